The van der Waals surface area contributed by atoms with Gasteiger partial charge in [-0.2, -0.15) is 0 Å². The number of urea groups is 1. The van der Waals surface area contributed by atoms with Gasteiger partial charge < -0.3 is 24.1 Å². The number of carbonyl (C=O) groups is 2. The minimum absolute atomic E-state index is 0.0407. The molecule has 3 heterocycles. The van der Waals surface area contributed by atoms with Crippen LogP contribution in [0, 0.1) is 13.8 Å². The van der Waals surface area contributed by atoms with Gasteiger partial charge in [0.15, 0.2) is 0 Å². The first-order chi connectivity index (χ1) is 16.9. The van der Waals surface area contributed by atoms with E-state index >= 15 is 0 Å². The topological polar surface area (TPSA) is 104 Å². The van der Waals surface area contributed by atoms with E-state index in [9.17, 15) is 9.59 Å². The normalized spacial score (nSPS) is 13.9. The number of anilines is 1. The van der Waals surface area contributed by atoms with Gasteiger partial charge in [-0.15, -0.1) is 11.3 Å². The summed E-state index contributed by atoms with van der Waals surface area (Å²) < 4.78 is 18.2. The predicted molar refractivity (Wildman–Crippen MR) is 135 cm³/mol. The number of ether oxygens (including phenoxy) is 3. The van der Waals surface area contributed by atoms with Gasteiger partial charge in [0, 0.05) is 30.3 Å². The first kappa shape index (κ1) is 24.7. The molecule has 1 aliphatic heterocycles. The van der Waals surface area contributed by atoms with E-state index in [0.29, 0.717) is 29.5 Å². The van der Waals surface area contributed by atoms with Gasteiger partial charge in [0.2, 0.25) is 0 Å². The molecule has 0 unspecified atom stereocenters. The van der Waals surface area contributed by atoms with Crippen LogP contribution in [0.15, 0.2) is 30.7 Å². The fourth-order valence-corrected chi connectivity index (χ4v) is 5.26. The number of esters is 1. The smallest absolute Gasteiger partial charge is 0.341 e. The maximum atomic E-state index is 12.8. The Bertz CT molecular complexity index is 1210. The Kier molecular flexibility index (Phi) is 7.72. The van der Waals surface area contributed by atoms with Crippen LogP contribution in [0.3, 0.4) is 0 Å². The molecule has 0 saturated carbocycles. The van der Waals surface area contributed by atoms with E-state index < -0.39 is 5.97 Å². The first-order valence-electron chi connectivity index (χ1n) is 11.6. The van der Waals surface area contributed by atoms with Crippen LogP contribution in [-0.2, 0) is 9.47 Å². The van der Waals surface area contributed by atoms with Gasteiger partial charge in [-0.3, -0.25) is 5.32 Å². The Labute approximate surface area is 208 Å². The zero-order valence-electron chi connectivity index (χ0n) is 20.3. The minimum Gasteiger partial charge on any atom is -0.495 e. The van der Waals surface area contributed by atoms with Crippen molar-refractivity contribution in [3.05, 3.63) is 47.5 Å². The van der Waals surface area contributed by atoms with Crippen LogP contribution in [0.4, 0.5) is 9.80 Å². The third-order valence-corrected chi connectivity index (χ3v) is 7.10. The minimum atomic E-state index is -0.466. The average Bonchev–Trinajstić information content (AvgIpc) is 3.42. The highest BCUT2D eigenvalue weighted by Crippen LogP contribution is 2.42. The Balaban J connectivity index is 1.67. The summed E-state index contributed by atoms with van der Waals surface area (Å²) >= 11 is 1.34. The number of methoxy groups -OCH3 is 1. The summed E-state index contributed by atoms with van der Waals surface area (Å²) in [6.45, 7) is 7.03. The van der Waals surface area contributed by atoms with Gasteiger partial charge in [-0.1, -0.05) is 6.07 Å². The van der Waals surface area contributed by atoms with Gasteiger partial charge in [-0.25, -0.2) is 14.6 Å². The van der Waals surface area contributed by atoms with Crippen LogP contribution in [0.5, 0.6) is 5.75 Å². The molecule has 35 heavy (non-hydrogen) atoms. The second kappa shape index (κ2) is 10.9. The van der Waals surface area contributed by atoms with E-state index in [0.717, 1.165) is 40.2 Å². The Morgan fingerprint density at radius 1 is 1.26 bits per heavy atom. The number of benzene rings is 1. The molecule has 0 radical (unpaired) electrons. The number of rotatable bonds is 7. The number of hydrogen-bond acceptors (Lipinski definition) is 7. The van der Waals surface area contributed by atoms with Gasteiger partial charge in [0.25, 0.3) is 0 Å². The van der Waals surface area contributed by atoms with Crippen molar-refractivity contribution >= 4 is 28.3 Å². The Hall–Kier alpha value is -3.37. The van der Waals surface area contributed by atoms with Crippen molar-refractivity contribution in [2.24, 2.45) is 0 Å². The maximum Gasteiger partial charge on any atom is 0.341 e. The van der Waals surface area contributed by atoms with Crippen LogP contribution in [-0.4, -0.2) is 54.5 Å². The number of aromatic nitrogens is 2. The lowest BCUT2D eigenvalue weighted by Crippen LogP contribution is -2.41. The molecule has 10 heteroatoms. The molecule has 2 aromatic heterocycles. The van der Waals surface area contributed by atoms with Crippen molar-refractivity contribution in [1.82, 2.24) is 14.9 Å². The summed E-state index contributed by atoms with van der Waals surface area (Å²) in [4.78, 5) is 30.7. The third-order valence-electron chi connectivity index (χ3n) is 5.84. The summed E-state index contributed by atoms with van der Waals surface area (Å²) in [5, 5.41) is 6.31. The maximum absolute atomic E-state index is 12.8. The molecular formula is C25H30N4O5S. The van der Waals surface area contributed by atoms with Crippen molar-refractivity contribution < 1.29 is 23.8 Å². The van der Waals surface area contributed by atoms with Gasteiger partial charge >= 0.3 is 12.0 Å². The van der Waals surface area contributed by atoms with Crippen molar-refractivity contribution in [3.8, 4) is 21.9 Å². The number of nitrogens with one attached hydrogen (secondary N) is 2. The lowest BCUT2D eigenvalue weighted by atomic mass is 10.1. The highest BCUT2D eigenvalue weighted by Gasteiger charge is 2.26. The van der Waals surface area contributed by atoms with Gasteiger partial charge in [0.05, 0.1) is 37.0 Å². The van der Waals surface area contributed by atoms with E-state index in [1.165, 1.54) is 11.3 Å². The van der Waals surface area contributed by atoms with E-state index in [1.54, 1.807) is 20.4 Å². The predicted octanol–water partition coefficient (Wildman–Crippen LogP) is 4.70. The second-order valence-electron chi connectivity index (χ2n) is 8.27. The number of amides is 2. The van der Waals surface area contributed by atoms with Crippen molar-refractivity contribution in [1.29, 1.82) is 0 Å². The summed E-state index contributed by atoms with van der Waals surface area (Å²) in [6.07, 6.45) is 5.18. The molecule has 186 valence electrons. The summed E-state index contributed by atoms with van der Waals surface area (Å²) in [5.74, 6) is 0.198. The lowest BCUT2D eigenvalue weighted by Gasteiger charge is -2.23. The van der Waals surface area contributed by atoms with E-state index in [4.69, 9.17) is 14.2 Å². The standard InChI is InChI=1S/C25H30N4O5S/c1-5-34-24(30)21-16(3)22(35-23(21)28-25(31)27-18-8-10-33-11-9-18)17-6-7-19(20(12-17)32-4)29-13-15(2)26-14-29/h6-7,12-14,18H,5,8-11H2,1-4H3,(H2,27,28,31). The molecule has 2 amide bonds. The zero-order chi connectivity index (χ0) is 24.9. The molecule has 1 fully saturated rings. The molecule has 3 aromatic rings. The van der Waals surface area contributed by atoms with Crippen molar-refractivity contribution in [2.45, 2.75) is 39.7 Å². The largest absolute Gasteiger partial charge is 0.495 e. The zero-order valence-corrected chi connectivity index (χ0v) is 21.2. The number of imidazole rings is 1. The van der Waals surface area contributed by atoms with Crippen molar-refractivity contribution in [3.63, 3.8) is 0 Å². The molecule has 9 nitrogen and oxygen atoms in total. The fourth-order valence-electron chi connectivity index (χ4n) is 4.08. The molecule has 1 saturated heterocycles. The second-order valence-corrected chi connectivity index (χ2v) is 9.30. The van der Waals surface area contributed by atoms with E-state index in [1.807, 2.05) is 42.8 Å². The van der Waals surface area contributed by atoms with Crippen LogP contribution in [0.1, 0.15) is 41.4 Å². The molecule has 0 spiro atoms. The van der Waals surface area contributed by atoms with Crippen molar-refractivity contribution in [2.75, 3.05) is 32.2 Å². The lowest BCUT2D eigenvalue weighted by molar-refractivity contribution is 0.0527. The highest BCUT2D eigenvalue weighted by molar-refractivity contribution is 7.20. The quantitative estimate of drug-likeness (QED) is 0.458. The van der Waals surface area contributed by atoms with Crippen LogP contribution < -0.4 is 15.4 Å². The summed E-state index contributed by atoms with van der Waals surface area (Å²) in [7, 11) is 1.62. The first-order valence-corrected chi connectivity index (χ1v) is 12.4. The molecular weight excluding hydrogens is 468 g/mol. The number of nitrogens with zero attached hydrogens (tertiary/aromatic N) is 2. The average molecular weight is 499 g/mol. The molecule has 0 atom stereocenters. The van der Waals surface area contributed by atoms with Crippen LogP contribution >= 0.6 is 11.3 Å². The molecule has 2 N–H and O–H groups in total. The monoisotopic (exact) mass is 498 g/mol. The molecule has 0 aliphatic carbocycles. The molecule has 4 rings (SSSR count). The Morgan fingerprint density at radius 2 is 2.03 bits per heavy atom. The SMILES string of the molecule is CCOC(=O)c1c(NC(=O)NC2CCOCC2)sc(-c2ccc(-n3cnc(C)c3)c(OC)c2)c1C. The third kappa shape index (κ3) is 5.49. The number of thiophene rings is 1. The number of hydrogen-bond donors (Lipinski definition) is 2. The summed E-state index contributed by atoms with van der Waals surface area (Å²) in [5.41, 5.74) is 3.73. The fraction of sp³-hybridized carbons (Fsp3) is 0.400. The van der Waals surface area contributed by atoms with Crippen LogP contribution in [0.2, 0.25) is 0 Å². The van der Waals surface area contributed by atoms with E-state index in [-0.39, 0.29) is 18.7 Å². The van der Waals surface area contributed by atoms with Crippen LogP contribution in [0.25, 0.3) is 16.1 Å². The van der Waals surface area contributed by atoms with Gasteiger partial charge in [0.1, 0.15) is 10.8 Å². The number of aryl methyl sites for hydroxylation is 1. The number of carbonyl (C=O) groups excluding carboxylic acids is 2. The molecule has 0 bridgehead atoms. The molecule has 1 aliphatic rings. The highest BCUT2D eigenvalue weighted by atomic mass is 32.1. The summed E-state index contributed by atoms with van der Waals surface area (Å²) in [6, 6.07) is 5.53. The molecule has 1 aromatic carbocycles. The van der Waals surface area contributed by atoms with Gasteiger partial charge in [-0.05, 0) is 56.9 Å². The Morgan fingerprint density at radius 3 is 2.69 bits per heavy atom. The van der Waals surface area contributed by atoms with E-state index in [2.05, 4.69) is 15.6 Å².